The van der Waals surface area contributed by atoms with Gasteiger partial charge < -0.3 is 19.5 Å². The third-order valence-corrected chi connectivity index (χ3v) is 4.56. The van der Waals surface area contributed by atoms with Crippen LogP contribution in [0.4, 0.5) is 4.39 Å². The molecule has 2 aliphatic rings. The number of halogens is 1. The lowest BCUT2D eigenvalue weighted by atomic mass is 9.87. The van der Waals surface area contributed by atoms with Gasteiger partial charge in [-0.3, -0.25) is 4.79 Å². The SMILES string of the molecule is COc1ccc(C(=O)N2CC[C@H](O)[C@]3(CCCO3)C2)cc1F. The van der Waals surface area contributed by atoms with Gasteiger partial charge in [0.05, 0.1) is 19.8 Å². The van der Waals surface area contributed by atoms with Crippen molar-refractivity contribution in [1.29, 1.82) is 0 Å². The number of methoxy groups -OCH3 is 1. The molecule has 120 valence electrons. The number of benzene rings is 1. The lowest BCUT2D eigenvalue weighted by Crippen LogP contribution is -2.57. The van der Waals surface area contributed by atoms with Gasteiger partial charge in [-0.05, 0) is 37.5 Å². The van der Waals surface area contributed by atoms with Crippen molar-refractivity contribution in [2.75, 3.05) is 26.8 Å². The minimum atomic E-state index is -0.654. The van der Waals surface area contributed by atoms with E-state index in [9.17, 15) is 14.3 Å². The number of piperidine rings is 1. The molecular weight excluding hydrogens is 289 g/mol. The molecule has 3 rings (SSSR count). The fourth-order valence-electron chi connectivity index (χ4n) is 3.31. The van der Waals surface area contributed by atoms with Crippen LogP contribution in [0.25, 0.3) is 0 Å². The molecule has 2 aliphatic heterocycles. The number of hydrogen-bond acceptors (Lipinski definition) is 4. The Labute approximate surface area is 128 Å². The normalized spacial score (nSPS) is 28.1. The van der Waals surface area contributed by atoms with Gasteiger partial charge in [0, 0.05) is 18.7 Å². The van der Waals surface area contributed by atoms with Crippen molar-refractivity contribution in [2.24, 2.45) is 0 Å². The van der Waals surface area contributed by atoms with Crippen molar-refractivity contribution in [3.8, 4) is 5.75 Å². The highest BCUT2D eigenvalue weighted by molar-refractivity contribution is 5.94. The number of carbonyl (C=O) groups excluding carboxylic acids is 1. The quantitative estimate of drug-likeness (QED) is 0.901. The molecule has 0 unspecified atom stereocenters. The zero-order chi connectivity index (χ0) is 15.7. The van der Waals surface area contributed by atoms with Gasteiger partial charge in [0.15, 0.2) is 11.6 Å². The number of likely N-dealkylation sites (tertiary alicyclic amines) is 1. The van der Waals surface area contributed by atoms with E-state index < -0.39 is 17.5 Å². The number of amides is 1. The van der Waals surface area contributed by atoms with Crippen LogP contribution >= 0.6 is 0 Å². The molecule has 2 saturated heterocycles. The summed E-state index contributed by atoms with van der Waals surface area (Å²) in [5.74, 6) is -0.693. The second kappa shape index (κ2) is 5.85. The molecule has 0 radical (unpaired) electrons. The molecule has 2 heterocycles. The van der Waals surface area contributed by atoms with Crippen LogP contribution in [-0.4, -0.2) is 54.4 Å². The van der Waals surface area contributed by atoms with E-state index in [4.69, 9.17) is 9.47 Å². The van der Waals surface area contributed by atoms with Crippen LogP contribution in [0.2, 0.25) is 0 Å². The molecule has 0 saturated carbocycles. The highest BCUT2D eigenvalue weighted by Crippen LogP contribution is 2.35. The van der Waals surface area contributed by atoms with Crippen LogP contribution < -0.4 is 4.74 Å². The first-order chi connectivity index (χ1) is 10.6. The van der Waals surface area contributed by atoms with E-state index in [-0.39, 0.29) is 17.2 Å². The van der Waals surface area contributed by atoms with Crippen molar-refractivity contribution >= 4 is 5.91 Å². The summed E-state index contributed by atoms with van der Waals surface area (Å²) in [6.45, 7) is 1.40. The Morgan fingerprint density at radius 2 is 2.36 bits per heavy atom. The van der Waals surface area contributed by atoms with Gasteiger partial charge in [-0.15, -0.1) is 0 Å². The maximum atomic E-state index is 13.8. The van der Waals surface area contributed by atoms with E-state index in [0.717, 1.165) is 12.8 Å². The molecule has 1 amide bonds. The number of hydrogen-bond donors (Lipinski definition) is 1. The zero-order valence-corrected chi connectivity index (χ0v) is 12.5. The third-order valence-electron chi connectivity index (χ3n) is 4.56. The number of aliphatic hydroxyl groups is 1. The Kier molecular flexibility index (Phi) is 4.06. The number of ether oxygens (including phenoxy) is 2. The number of aliphatic hydroxyl groups excluding tert-OH is 1. The van der Waals surface area contributed by atoms with Crippen molar-refractivity contribution in [3.63, 3.8) is 0 Å². The van der Waals surface area contributed by atoms with Gasteiger partial charge in [-0.2, -0.15) is 0 Å². The van der Waals surface area contributed by atoms with Crippen molar-refractivity contribution in [1.82, 2.24) is 4.90 Å². The fraction of sp³-hybridized carbons (Fsp3) is 0.562. The summed E-state index contributed by atoms with van der Waals surface area (Å²) in [6, 6.07) is 4.19. The van der Waals surface area contributed by atoms with Crippen LogP contribution in [0.3, 0.4) is 0 Å². The fourth-order valence-corrected chi connectivity index (χ4v) is 3.31. The molecule has 6 heteroatoms. The van der Waals surface area contributed by atoms with Gasteiger partial charge in [-0.1, -0.05) is 0 Å². The molecule has 0 aromatic heterocycles. The van der Waals surface area contributed by atoms with Gasteiger partial charge in [0.2, 0.25) is 0 Å². The molecule has 2 fully saturated rings. The molecule has 1 aromatic carbocycles. The van der Waals surface area contributed by atoms with Gasteiger partial charge in [-0.25, -0.2) is 4.39 Å². The maximum absolute atomic E-state index is 13.8. The Morgan fingerprint density at radius 1 is 1.55 bits per heavy atom. The first kappa shape index (κ1) is 15.2. The standard InChI is InChI=1S/C16H20FNO4/c1-21-13-4-3-11(9-12(13)17)15(20)18-7-5-14(19)16(10-18)6-2-8-22-16/h3-4,9,14,19H,2,5-8,10H2,1H3/t14-,16-/m0/s1. The topological polar surface area (TPSA) is 59.0 Å². The van der Waals surface area contributed by atoms with E-state index in [0.29, 0.717) is 26.1 Å². The van der Waals surface area contributed by atoms with E-state index in [1.165, 1.54) is 19.2 Å². The predicted molar refractivity (Wildman–Crippen MR) is 77.4 cm³/mol. The summed E-state index contributed by atoms with van der Waals surface area (Å²) in [6.07, 6.45) is 1.56. The van der Waals surface area contributed by atoms with E-state index in [2.05, 4.69) is 0 Å². The van der Waals surface area contributed by atoms with Crippen LogP contribution in [0, 0.1) is 5.82 Å². The van der Waals surface area contributed by atoms with Crippen molar-refractivity contribution in [3.05, 3.63) is 29.6 Å². The van der Waals surface area contributed by atoms with Crippen molar-refractivity contribution in [2.45, 2.75) is 31.0 Å². The molecule has 1 N–H and O–H groups in total. The maximum Gasteiger partial charge on any atom is 0.254 e. The largest absolute Gasteiger partial charge is 0.494 e. The second-order valence-corrected chi connectivity index (χ2v) is 5.90. The summed E-state index contributed by atoms with van der Waals surface area (Å²) >= 11 is 0. The summed E-state index contributed by atoms with van der Waals surface area (Å²) in [4.78, 5) is 14.2. The monoisotopic (exact) mass is 309 g/mol. The van der Waals surface area contributed by atoms with Gasteiger partial charge in [0.25, 0.3) is 5.91 Å². The third kappa shape index (κ3) is 2.57. The molecular formula is C16H20FNO4. The Balaban J connectivity index is 1.79. The molecule has 2 atom stereocenters. The smallest absolute Gasteiger partial charge is 0.254 e. The average molecular weight is 309 g/mol. The second-order valence-electron chi connectivity index (χ2n) is 5.90. The van der Waals surface area contributed by atoms with Crippen LogP contribution in [0.1, 0.15) is 29.6 Å². The minimum Gasteiger partial charge on any atom is -0.494 e. The van der Waals surface area contributed by atoms with E-state index in [1.807, 2.05) is 0 Å². The highest BCUT2D eigenvalue weighted by Gasteiger charge is 2.47. The van der Waals surface area contributed by atoms with Crippen molar-refractivity contribution < 1.29 is 23.8 Å². The zero-order valence-electron chi connectivity index (χ0n) is 12.5. The molecule has 0 aliphatic carbocycles. The van der Waals surface area contributed by atoms with Gasteiger partial charge >= 0.3 is 0 Å². The average Bonchev–Trinajstić information content (AvgIpc) is 2.99. The van der Waals surface area contributed by atoms with Crippen LogP contribution in [0.5, 0.6) is 5.75 Å². The molecule has 0 bridgehead atoms. The number of nitrogens with zero attached hydrogens (tertiary/aromatic N) is 1. The summed E-state index contributed by atoms with van der Waals surface area (Å²) in [5, 5.41) is 10.2. The first-order valence-corrected chi connectivity index (χ1v) is 7.50. The Morgan fingerprint density at radius 3 is 3.00 bits per heavy atom. The lowest BCUT2D eigenvalue weighted by Gasteiger charge is -2.43. The number of rotatable bonds is 2. The molecule has 1 spiro atoms. The van der Waals surface area contributed by atoms with E-state index in [1.54, 1.807) is 11.0 Å². The van der Waals surface area contributed by atoms with Gasteiger partial charge in [0.1, 0.15) is 5.60 Å². The minimum absolute atomic E-state index is 0.112. The summed E-state index contributed by atoms with van der Waals surface area (Å²) in [5.41, 5.74) is -0.373. The molecule has 1 aromatic rings. The molecule has 5 nitrogen and oxygen atoms in total. The van der Waals surface area contributed by atoms with Crippen LogP contribution in [0.15, 0.2) is 18.2 Å². The highest BCUT2D eigenvalue weighted by atomic mass is 19.1. The first-order valence-electron chi connectivity index (χ1n) is 7.50. The lowest BCUT2D eigenvalue weighted by molar-refractivity contribution is -0.124. The summed E-state index contributed by atoms with van der Waals surface area (Å²) < 4.78 is 24.4. The Hall–Kier alpha value is -1.66. The number of carbonyl (C=O) groups is 1. The van der Waals surface area contributed by atoms with Crippen LogP contribution in [-0.2, 0) is 4.74 Å². The summed E-state index contributed by atoms with van der Waals surface area (Å²) in [7, 11) is 1.38. The predicted octanol–water partition coefficient (Wildman–Crippen LogP) is 1.59. The Bertz CT molecular complexity index is 571. The van der Waals surface area contributed by atoms with E-state index >= 15 is 0 Å². The molecule has 22 heavy (non-hydrogen) atoms.